The molecule has 0 aliphatic heterocycles. The minimum Gasteiger partial charge on any atom is -0.286 e. The summed E-state index contributed by atoms with van der Waals surface area (Å²) in [5, 5.41) is 0. The molecule has 1 rings (SSSR count). The summed E-state index contributed by atoms with van der Waals surface area (Å²) in [6.45, 7) is 0. The highest BCUT2D eigenvalue weighted by Crippen LogP contribution is 2.05. The number of hydrogen-bond acceptors (Lipinski definition) is 2. The predicted molar refractivity (Wildman–Crippen MR) is 37.7 cm³/mol. The van der Waals surface area contributed by atoms with Gasteiger partial charge in [-0.25, -0.2) is 0 Å². The zero-order chi connectivity index (χ0) is 7.72. The lowest BCUT2D eigenvalue weighted by Gasteiger charge is -2.03. The van der Waals surface area contributed by atoms with Crippen LogP contribution < -0.4 is 0 Å². The molecule has 0 saturated heterocycles. The Hall–Kier alpha value is -1.05. The molecule has 0 saturated carbocycles. The highest BCUT2D eigenvalue weighted by Gasteiger charge is 2.15. The van der Waals surface area contributed by atoms with Crippen LogP contribution in [-0.4, -0.2) is 27.3 Å². The predicted octanol–water partition coefficient (Wildman–Crippen LogP) is -0.757. The molecule has 0 aromatic heterocycles. The molecule has 0 fully saturated rings. The second-order valence-corrected chi connectivity index (χ2v) is 1.94. The summed E-state index contributed by atoms with van der Waals surface area (Å²) >= 11 is 0. The maximum absolute atomic E-state index is 10.6. The van der Waals surface area contributed by atoms with E-state index in [2.05, 4.69) is 0 Å². The first-order chi connectivity index (χ1) is 4.61. The van der Waals surface area contributed by atoms with E-state index in [4.69, 9.17) is 15.7 Å². The highest BCUT2D eigenvalue weighted by molar-refractivity contribution is 6.59. The summed E-state index contributed by atoms with van der Waals surface area (Å²) in [5.41, 5.74) is 0.132. The fourth-order valence-electron chi connectivity index (χ4n) is 0.646. The summed E-state index contributed by atoms with van der Waals surface area (Å²) in [4.78, 5) is 21.2. The Morgan fingerprint density at radius 1 is 1.10 bits per heavy atom. The Bertz CT molecular complexity index is 260. The first kappa shape index (κ1) is 7.06. The lowest BCUT2D eigenvalue weighted by molar-refractivity contribution is -0.131. The van der Waals surface area contributed by atoms with E-state index in [9.17, 15) is 9.59 Å². The first-order valence-corrected chi connectivity index (χ1v) is 2.64. The highest BCUT2D eigenvalue weighted by atomic mass is 16.2. The van der Waals surface area contributed by atoms with Gasteiger partial charge in [-0.05, 0) is 11.5 Å². The zero-order valence-electron chi connectivity index (χ0n) is 5.13. The van der Waals surface area contributed by atoms with Gasteiger partial charge < -0.3 is 0 Å². The molecule has 2 nitrogen and oxygen atoms in total. The van der Waals surface area contributed by atoms with Gasteiger partial charge in [0.25, 0.3) is 0 Å². The van der Waals surface area contributed by atoms with Crippen molar-refractivity contribution in [1.82, 2.24) is 0 Å². The average molecular weight is 128 g/mol. The van der Waals surface area contributed by atoms with Crippen LogP contribution in [0.5, 0.6) is 0 Å². The first-order valence-electron chi connectivity index (χ1n) is 2.64. The molecule has 1 aliphatic rings. The number of carbonyl (C=O) groups is 2. The molecule has 0 spiro atoms. The van der Waals surface area contributed by atoms with Crippen LogP contribution in [0.15, 0.2) is 23.1 Å². The maximum atomic E-state index is 10.6. The number of ketones is 2. The van der Waals surface area contributed by atoms with E-state index in [-0.39, 0.29) is 10.9 Å². The smallest absolute Gasteiger partial charge is 0.224 e. The van der Waals surface area contributed by atoms with Crippen molar-refractivity contribution in [2.24, 2.45) is 0 Å². The number of Topliss-reactive ketones (excluding diaryl/α,β-unsaturated/α-hetero) is 1. The van der Waals surface area contributed by atoms with E-state index in [1.807, 2.05) is 0 Å². The van der Waals surface area contributed by atoms with Gasteiger partial charge in [0.05, 0.1) is 0 Å². The molecule has 1 aliphatic carbocycles. The van der Waals surface area contributed by atoms with E-state index in [0.29, 0.717) is 0 Å². The SMILES string of the molecule is [B]C1=CC(=O)C(=O)C([B])=C1. The molecular formula is C6H2B2O2. The summed E-state index contributed by atoms with van der Waals surface area (Å²) < 4.78 is 0. The van der Waals surface area contributed by atoms with Crippen molar-refractivity contribution in [1.29, 1.82) is 0 Å². The number of hydrogen-bond donors (Lipinski definition) is 0. The maximum Gasteiger partial charge on any atom is 0.224 e. The van der Waals surface area contributed by atoms with E-state index < -0.39 is 11.6 Å². The number of carbonyl (C=O) groups excluding carboxylic acids is 2. The fraction of sp³-hybridized carbons (Fsp3) is 0. The van der Waals surface area contributed by atoms with Crippen LogP contribution in [0.3, 0.4) is 0 Å². The normalized spacial score (nSPS) is 18.4. The molecule has 44 valence electrons. The monoisotopic (exact) mass is 128 g/mol. The molecule has 0 aromatic rings. The van der Waals surface area contributed by atoms with E-state index in [0.717, 1.165) is 6.08 Å². The average Bonchev–Trinajstić information content (AvgIpc) is 1.82. The van der Waals surface area contributed by atoms with Crippen molar-refractivity contribution in [2.45, 2.75) is 0 Å². The Morgan fingerprint density at radius 3 is 2.20 bits per heavy atom. The Morgan fingerprint density at radius 2 is 1.70 bits per heavy atom. The van der Waals surface area contributed by atoms with Crippen LogP contribution in [0.1, 0.15) is 0 Å². The van der Waals surface area contributed by atoms with Crippen LogP contribution in [0, 0.1) is 0 Å². The Kier molecular flexibility index (Phi) is 1.62. The van der Waals surface area contributed by atoms with Crippen molar-refractivity contribution < 1.29 is 9.59 Å². The molecule has 0 atom stereocenters. The summed E-state index contributed by atoms with van der Waals surface area (Å²) in [7, 11) is 10.3. The molecule has 10 heavy (non-hydrogen) atoms. The molecule has 0 heterocycles. The van der Waals surface area contributed by atoms with Crippen LogP contribution >= 0.6 is 0 Å². The van der Waals surface area contributed by atoms with Gasteiger partial charge in [0.15, 0.2) is 0 Å². The van der Waals surface area contributed by atoms with Gasteiger partial charge >= 0.3 is 0 Å². The molecule has 0 aromatic carbocycles. The van der Waals surface area contributed by atoms with Crippen LogP contribution in [0.2, 0.25) is 0 Å². The van der Waals surface area contributed by atoms with Gasteiger partial charge in [0.2, 0.25) is 11.6 Å². The quantitative estimate of drug-likeness (QED) is 0.244. The summed E-state index contributed by atoms with van der Waals surface area (Å²) in [5.74, 6) is -1.34. The minimum absolute atomic E-state index is 0.0926. The molecule has 0 N–H and O–H groups in total. The van der Waals surface area contributed by atoms with Crippen molar-refractivity contribution >= 4 is 27.3 Å². The van der Waals surface area contributed by atoms with Crippen molar-refractivity contribution in [3.05, 3.63) is 23.1 Å². The lowest BCUT2D eigenvalue weighted by Crippen LogP contribution is -2.18. The van der Waals surface area contributed by atoms with Gasteiger partial charge in [-0.1, -0.05) is 11.5 Å². The van der Waals surface area contributed by atoms with E-state index in [1.165, 1.54) is 6.08 Å². The fourth-order valence-corrected chi connectivity index (χ4v) is 0.646. The lowest BCUT2D eigenvalue weighted by atomic mass is 9.79. The summed E-state index contributed by atoms with van der Waals surface area (Å²) in [6.07, 6.45) is 2.32. The molecule has 4 heteroatoms. The topological polar surface area (TPSA) is 34.1 Å². The third kappa shape index (κ3) is 1.10. The standard InChI is InChI=1S/C6H2B2O2/c7-3-1-4(8)6(10)5(9)2-3/h1-2H. The Balaban J connectivity index is 3.07. The molecular weight excluding hydrogens is 126 g/mol. The number of rotatable bonds is 0. The van der Waals surface area contributed by atoms with Crippen LogP contribution in [-0.2, 0) is 9.59 Å². The molecule has 0 unspecified atom stereocenters. The Labute approximate surface area is 60.8 Å². The van der Waals surface area contributed by atoms with Gasteiger partial charge in [0, 0.05) is 0 Å². The van der Waals surface area contributed by atoms with Crippen molar-refractivity contribution in [2.75, 3.05) is 0 Å². The number of allylic oxidation sites excluding steroid dienone is 4. The van der Waals surface area contributed by atoms with Gasteiger partial charge in [0.1, 0.15) is 15.7 Å². The van der Waals surface area contributed by atoms with Crippen molar-refractivity contribution in [3.63, 3.8) is 0 Å². The van der Waals surface area contributed by atoms with Gasteiger partial charge in [-0.15, -0.1) is 0 Å². The third-order valence-electron chi connectivity index (χ3n) is 1.11. The third-order valence-corrected chi connectivity index (χ3v) is 1.11. The molecule has 4 radical (unpaired) electrons. The van der Waals surface area contributed by atoms with Crippen molar-refractivity contribution in [3.8, 4) is 0 Å². The van der Waals surface area contributed by atoms with E-state index in [1.54, 1.807) is 0 Å². The second kappa shape index (κ2) is 2.29. The van der Waals surface area contributed by atoms with Gasteiger partial charge in [-0.2, -0.15) is 0 Å². The minimum atomic E-state index is -0.686. The van der Waals surface area contributed by atoms with Crippen LogP contribution in [0.4, 0.5) is 0 Å². The second-order valence-electron chi connectivity index (χ2n) is 1.94. The largest absolute Gasteiger partial charge is 0.286 e. The summed E-state index contributed by atoms with van der Waals surface area (Å²) in [6, 6.07) is 0. The van der Waals surface area contributed by atoms with E-state index >= 15 is 0 Å². The van der Waals surface area contributed by atoms with Gasteiger partial charge in [-0.3, -0.25) is 9.59 Å². The molecule has 0 bridgehead atoms. The molecule has 0 amide bonds. The van der Waals surface area contributed by atoms with Crippen LogP contribution in [0.25, 0.3) is 0 Å². The zero-order valence-corrected chi connectivity index (χ0v) is 5.13.